The van der Waals surface area contributed by atoms with Gasteiger partial charge in [0.05, 0.1) is 0 Å². The van der Waals surface area contributed by atoms with E-state index in [-0.39, 0.29) is 18.2 Å². The van der Waals surface area contributed by atoms with Gasteiger partial charge in [0.1, 0.15) is 0 Å². The molecule has 6 nitrogen and oxygen atoms in total. The molecular weight excluding hydrogens is 540 g/mol. The van der Waals surface area contributed by atoms with Crippen LogP contribution in [0.4, 0.5) is 52.7 Å². The molecule has 0 radical (unpaired) electrons. The van der Waals surface area contributed by atoms with E-state index in [2.05, 4.69) is 13.2 Å². The molecule has 18 heteroatoms. The molecule has 0 saturated carbocycles. The number of benzene rings is 1. The number of halogens is 12. The zero-order chi connectivity index (χ0) is 29.6. The first-order chi connectivity index (χ1) is 15.8. The average molecular weight is 554 g/mol. The van der Waals surface area contributed by atoms with Crippen molar-refractivity contribution < 1.29 is 82.7 Å². The van der Waals surface area contributed by atoms with Crippen LogP contribution in [0.2, 0.25) is 0 Å². The van der Waals surface area contributed by atoms with Crippen LogP contribution >= 0.6 is 0 Å². The maximum Gasteiger partial charge on any atom is 0.430 e. The third-order valence-corrected chi connectivity index (χ3v) is 3.69. The highest BCUT2D eigenvalue weighted by Crippen LogP contribution is 2.53. The molecule has 0 aliphatic rings. The molecule has 0 aliphatic carbocycles. The van der Waals surface area contributed by atoms with Gasteiger partial charge in [-0.1, -0.05) is 31.4 Å². The Morgan fingerprint density at radius 3 is 0.944 bits per heavy atom. The van der Waals surface area contributed by atoms with E-state index in [1.807, 2.05) is 0 Å². The van der Waals surface area contributed by atoms with E-state index in [4.69, 9.17) is 20.4 Å². The summed E-state index contributed by atoms with van der Waals surface area (Å²) in [5.41, 5.74) is -16.3. The summed E-state index contributed by atoms with van der Waals surface area (Å²) in [5, 5.41) is 33.3. The Labute approximate surface area is 192 Å². The van der Waals surface area contributed by atoms with Crippen molar-refractivity contribution in [1.29, 1.82) is 0 Å². The lowest BCUT2D eigenvalue weighted by Gasteiger charge is -2.35. The highest BCUT2D eigenvalue weighted by molar-refractivity contribution is 5.79. The largest absolute Gasteiger partial charge is 0.478 e. The Hall–Kier alpha value is -3.28. The molecule has 0 aromatic heterocycles. The predicted octanol–water partition coefficient (Wildman–Crippen LogP) is 4.83. The zero-order valence-electron chi connectivity index (χ0n) is 17.0. The number of alkyl halides is 12. The molecule has 0 spiro atoms. The van der Waals surface area contributed by atoms with Crippen molar-refractivity contribution in [2.45, 2.75) is 35.9 Å². The lowest BCUT2D eigenvalue weighted by molar-refractivity contribution is -0.378. The van der Waals surface area contributed by atoms with E-state index >= 15 is 0 Å². The maximum absolute atomic E-state index is 12.7. The molecule has 0 amide bonds. The zero-order valence-corrected chi connectivity index (χ0v) is 17.0. The summed E-state index contributed by atoms with van der Waals surface area (Å²) < 4.78 is 152. The molecular formula is C18H14F12O6. The highest BCUT2D eigenvalue weighted by Gasteiger charge is 2.74. The van der Waals surface area contributed by atoms with Gasteiger partial charge < -0.3 is 20.4 Å². The highest BCUT2D eigenvalue weighted by atomic mass is 19.4. The molecule has 0 unspecified atom stereocenters. The quantitative estimate of drug-likeness (QED) is 0.314. The summed E-state index contributed by atoms with van der Waals surface area (Å²) in [5.74, 6) is -1.96. The second-order valence-electron chi connectivity index (χ2n) is 6.08. The van der Waals surface area contributed by atoms with E-state index in [0.717, 1.165) is 12.2 Å². The first kappa shape index (κ1) is 34.9. The number of carboxylic acid groups (broad SMARTS) is 2. The SMILES string of the molecule is C=CC(=O)O.C=CC(=O)O.OC(c1cccc(C(O)(C(F)(F)F)C(F)(F)F)c1)(C(F)(F)F)C(F)(F)F. The van der Waals surface area contributed by atoms with Gasteiger partial charge in [0.15, 0.2) is 0 Å². The number of carboxylic acids is 2. The first-order valence-electron chi connectivity index (χ1n) is 8.29. The summed E-state index contributed by atoms with van der Waals surface area (Å²) in [6, 6.07) is -1.26. The van der Waals surface area contributed by atoms with Gasteiger partial charge in [0, 0.05) is 23.3 Å². The predicted molar refractivity (Wildman–Crippen MR) is 94.1 cm³/mol. The normalized spacial score (nSPS) is 12.8. The van der Waals surface area contributed by atoms with Crippen LogP contribution in [0.5, 0.6) is 0 Å². The van der Waals surface area contributed by atoms with Crippen LogP contribution in [0.1, 0.15) is 11.1 Å². The van der Waals surface area contributed by atoms with Crippen LogP contribution in [0, 0.1) is 0 Å². The van der Waals surface area contributed by atoms with E-state index in [1.165, 1.54) is 0 Å². The van der Waals surface area contributed by atoms with Crippen molar-refractivity contribution in [2.75, 3.05) is 0 Å². The van der Waals surface area contributed by atoms with Crippen molar-refractivity contribution in [2.24, 2.45) is 0 Å². The molecule has 206 valence electrons. The van der Waals surface area contributed by atoms with Crippen LogP contribution in [0.25, 0.3) is 0 Å². The summed E-state index contributed by atoms with van der Waals surface area (Å²) in [6.07, 6.45) is -24.5. The minimum atomic E-state index is -6.54. The van der Waals surface area contributed by atoms with Gasteiger partial charge in [-0.3, -0.25) is 0 Å². The average Bonchev–Trinajstić information content (AvgIpc) is 2.70. The van der Waals surface area contributed by atoms with Gasteiger partial charge in [-0.25, -0.2) is 9.59 Å². The Kier molecular flexibility index (Phi) is 11.3. The molecule has 0 saturated heterocycles. The lowest BCUT2D eigenvalue weighted by Crippen LogP contribution is -2.55. The Balaban J connectivity index is 0. The van der Waals surface area contributed by atoms with Crippen LogP contribution < -0.4 is 0 Å². The number of hydrogen-bond acceptors (Lipinski definition) is 4. The molecule has 0 bridgehead atoms. The fraction of sp³-hybridized carbons (Fsp3) is 0.333. The number of rotatable bonds is 4. The first-order valence-corrected chi connectivity index (χ1v) is 8.29. The van der Waals surface area contributed by atoms with Gasteiger partial charge in [-0.2, -0.15) is 52.7 Å². The number of hydrogen-bond donors (Lipinski definition) is 4. The summed E-state index contributed by atoms with van der Waals surface area (Å²) in [6.45, 7) is 5.92. The third-order valence-electron chi connectivity index (χ3n) is 3.69. The second kappa shape index (κ2) is 11.6. The molecule has 0 heterocycles. The maximum atomic E-state index is 12.7. The van der Waals surface area contributed by atoms with Gasteiger partial charge in [-0.05, 0) is 6.07 Å². The Morgan fingerprint density at radius 1 is 0.611 bits per heavy atom. The third kappa shape index (κ3) is 7.87. The van der Waals surface area contributed by atoms with Crippen molar-refractivity contribution in [3.63, 3.8) is 0 Å². The molecule has 0 fully saturated rings. The van der Waals surface area contributed by atoms with Crippen molar-refractivity contribution in [1.82, 2.24) is 0 Å². The van der Waals surface area contributed by atoms with Crippen molar-refractivity contribution in [3.8, 4) is 0 Å². The molecule has 4 N–H and O–H groups in total. The fourth-order valence-electron chi connectivity index (χ4n) is 1.95. The van der Waals surface area contributed by atoms with Crippen LogP contribution in [0.3, 0.4) is 0 Å². The van der Waals surface area contributed by atoms with Gasteiger partial charge in [0.2, 0.25) is 0 Å². The van der Waals surface area contributed by atoms with Crippen LogP contribution in [-0.2, 0) is 20.8 Å². The minimum Gasteiger partial charge on any atom is -0.478 e. The summed E-state index contributed by atoms with van der Waals surface area (Å²) in [4.78, 5) is 18.5. The van der Waals surface area contributed by atoms with Crippen molar-refractivity contribution >= 4 is 11.9 Å². The lowest BCUT2D eigenvalue weighted by atomic mass is 9.85. The topological polar surface area (TPSA) is 115 Å². The molecule has 0 atom stereocenters. The molecule has 0 aliphatic heterocycles. The van der Waals surface area contributed by atoms with Crippen LogP contribution in [0.15, 0.2) is 49.6 Å². The summed E-state index contributed by atoms with van der Waals surface area (Å²) >= 11 is 0. The van der Waals surface area contributed by atoms with E-state index < -0.39 is 65.0 Å². The minimum absolute atomic E-state index is 0.0322. The monoisotopic (exact) mass is 554 g/mol. The number of carbonyl (C=O) groups is 2. The Morgan fingerprint density at radius 2 is 0.806 bits per heavy atom. The van der Waals surface area contributed by atoms with E-state index in [1.54, 1.807) is 0 Å². The standard InChI is InChI=1S/C12H6F12O2.2C3H4O2/c13-9(14,15)7(25,10(16,17)18)5-2-1-3-6(4-5)8(26,11(19,20)21)12(22,23)24;2*1-2-3(4)5/h1-4,25-26H;2*2H,1H2,(H,4,5). The van der Waals surface area contributed by atoms with Gasteiger partial charge in [0.25, 0.3) is 11.2 Å². The van der Waals surface area contributed by atoms with Gasteiger partial charge >= 0.3 is 36.6 Å². The van der Waals surface area contributed by atoms with E-state index in [9.17, 15) is 62.3 Å². The smallest absolute Gasteiger partial charge is 0.430 e. The Bertz CT molecular complexity index is 829. The molecule has 1 aromatic carbocycles. The van der Waals surface area contributed by atoms with Crippen LogP contribution in [-0.4, -0.2) is 57.1 Å². The molecule has 1 aromatic rings. The fourth-order valence-corrected chi connectivity index (χ4v) is 1.95. The summed E-state index contributed by atoms with van der Waals surface area (Å²) in [7, 11) is 0. The van der Waals surface area contributed by atoms with E-state index in [0.29, 0.717) is 0 Å². The molecule has 1 rings (SSSR count). The number of aliphatic carboxylic acids is 2. The van der Waals surface area contributed by atoms with Crippen molar-refractivity contribution in [3.05, 3.63) is 60.7 Å². The second-order valence-corrected chi connectivity index (χ2v) is 6.08. The number of aliphatic hydroxyl groups is 2. The van der Waals surface area contributed by atoms with Gasteiger partial charge in [-0.15, -0.1) is 0 Å². The molecule has 36 heavy (non-hydrogen) atoms.